The Morgan fingerprint density at radius 3 is 2.42 bits per heavy atom. The quantitative estimate of drug-likeness (QED) is 0.891. The van der Waals surface area contributed by atoms with Crippen LogP contribution in [0.2, 0.25) is 0 Å². The Balaban J connectivity index is 2.10. The summed E-state index contributed by atoms with van der Waals surface area (Å²) in [5, 5.41) is 9.02. The highest BCUT2D eigenvalue weighted by Crippen LogP contribution is 2.40. The van der Waals surface area contributed by atoms with E-state index in [0.29, 0.717) is 12.8 Å². The average Bonchev–Trinajstić information content (AvgIpc) is 2.53. The molecule has 1 aromatic carbocycles. The Labute approximate surface area is 138 Å². The summed E-state index contributed by atoms with van der Waals surface area (Å²) in [6.07, 6.45) is -3.84. The molecule has 1 fully saturated rings. The van der Waals surface area contributed by atoms with Gasteiger partial charge in [0, 0.05) is 12.5 Å². The van der Waals surface area contributed by atoms with Gasteiger partial charge in [0.2, 0.25) is 5.91 Å². The van der Waals surface area contributed by atoms with E-state index in [1.807, 2.05) is 0 Å². The first-order chi connectivity index (χ1) is 11.3. The fourth-order valence-corrected chi connectivity index (χ4v) is 3.15. The van der Waals surface area contributed by atoms with Crippen LogP contribution >= 0.6 is 0 Å². The number of halogens is 3. The molecule has 1 N–H and O–H groups in total. The van der Waals surface area contributed by atoms with Crippen molar-refractivity contribution in [3.8, 4) is 0 Å². The molecular formula is C17H20F3NO3. The minimum Gasteiger partial charge on any atom is -0.480 e. The Morgan fingerprint density at radius 1 is 1.17 bits per heavy atom. The van der Waals surface area contributed by atoms with E-state index in [2.05, 4.69) is 0 Å². The van der Waals surface area contributed by atoms with Gasteiger partial charge in [0.05, 0.1) is 5.92 Å². The highest BCUT2D eigenvalue weighted by atomic mass is 19.4. The zero-order valence-corrected chi connectivity index (χ0v) is 13.1. The Hall–Kier alpha value is -2.05. The summed E-state index contributed by atoms with van der Waals surface area (Å²) < 4.78 is 38.8. The van der Waals surface area contributed by atoms with E-state index in [-0.39, 0.29) is 19.4 Å². The van der Waals surface area contributed by atoms with Crippen LogP contribution in [0.5, 0.6) is 0 Å². The lowest BCUT2D eigenvalue weighted by Gasteiger charge is -2.33. The molecule has 1 amide bonds. The molecule has 0 aliphatic heterocycles. The normalized spacial score (nSPS) is 21.3. The summed E-state index contributed by atoms with van der Waals surface area (Å²) >= 11 is 0. The molecule has 1 aliphatic rings. The Morgan fingerprint density at radius 2 is 1.83 bits per heavy atom. The summed E-state index contributed by atoms with van der Waals surface area (Å²) in [4.78, 5) is 24.8. The van der Waals surface area contributed by atoms with Crippen molar-refractivity contribution in [2.75, 3.05) is 6.54 Å². The van der Waals surface area contributed by atoms with Crippen LogP contribution in [-0.4, -0.2) is 34.6 Å². The van der Waals surface area contributed by atoms with Crippen molar-refractivity contribution in [3.63, 3.8) is 0 Å². The molecular weight excluding hydrogens is 323 g/mol. The second-order valence-corrected chi connectivity index (χ2v) is 6.18. The number of carboxylic acids is 1. The van der Waals surface area contributed by atoms with Gasteiger partial charge < -0.3 is 10.0 Å². The number of nitrogens with zero attached hydrogens (tertiary/aromatic N) is 1. The van der Waals surface area contributed by atoms with E-state index in [4.69, 9.17) is 5.11 Å². The van der Waals surface area contributed by atoms with Crippen molar-refractivity contribution >= 4 is 11.9 Å². The van der Waals surface area contributed by atoms with Crippen molar-refractivity contribution in [3.05, 3.63) is 35.9 Å². The summed E-state index contributed by atoms with van der Waals surface area (Å²) in [6, 6.07) is 8.82. The SMILES string of the molecule is O=C(O)CN(Cc1ccccc1)C(=O)C1CCCC(C(F)(F)F)C1. The van der Waals surface area contributed by atoms with Gasteiger partial charge in [-0.05, 0) is 24.8 Å². The van der Waals surface area contributed by atoms with Crippen LogP contribution in [0.4, 0.5) is 13.2 Å². The lowest BCUT2D eigenvalue weighted by molar-refractivity contribution is -0.187. The predicted molar refractivity (Wildman–Crippen MR) is 81.0 cm³/mol. The van der Waals surface area contributed by atoms with Crippen LogP contribution in [0.1, 0.15) is 31.2 Å². The number of rotatable bonds is 5. The molecule has 4 nitrogen and oxygen atoms in total. The minimum absolute atomic E-state index is 0.0326. The third-order valence-electron chi connectivity index (χ3n) is 4.34. The molecule has 0 saturated heterocycles. The van der Waals surface area contributed by atoms with Crippen molar-refractivity contribution < 1.29 is 27.9 Å². The number of carbonyl (C=O) groups excluding carboxylic acids is 1. The van der Waals surface area contributed by atoms with Gasteiger partial charge in [-0.3, -0.25) is 9.59 Å². The number of amides is 1. The first-order valence-electron chi connectivity index (χ1n) is 7.88. The minimum atomic E-state index is -4.31. The van der Waals surface area contributed by atoms with Gasteiger partial charge in [-0.25, -0.2) is 0 Å². The van der Waals surface area contributed by atoms with Crippen LogP contribution < -0.4 is 0 Å². The smallest absolute Gasteiger partial charge is 0.391 e. The number of hydrogen-bond acceptors (Lipinski definition) is 2. The second kappa shape index (κ2) is 7.68. The zero-order valence-electron chi connectivity index (χ0n) is 13.1. The molecule has 0 bridgehead atoms. The second-order valence-electron chi connectivity index (χ2n) is 6.18. The first kappa shape index (κ1) is 18.3. The summed E-state index contributed by atoms with van der Waals surface area (Å²) in [5.41, 5.74) is 0.746. The van der Waals surface area contributed by atoms with Gasteiger partial charge in [-0.15, -0.1) is 0 Å². The van der Waals surface area contributed by atoms with Crippen molar-refractivity contribution in [2.24, 2.45) is 11.8 Å². The molecule has 1 aromatic rings. The molecule has 2 rings (SSSR count). The maximum absolute atomic E-state index is 12.9. The number of carboxylic acid groups (broad SMARTS) is 1. The highest BCUT2D eigenvalue weighted by Gasteiger charge is 2.44. The molecule has 0 heterocycles. The Bertz CT molecular complexity index is 574. The van der Waals surface area contributed by atoms with Crippen molar-refractivity contribution in [1.29, 1.82) is 0 Å². The molecule has 1 aliphatic carbocycles. The van der Waals surface area contributed by atoms with E-state index >= 15 is 0 Å². The first-order valence-corrected chi connectivity index (χ1v) is 7.88. The molecule has 7 heteroatoms. The largest absolute Gasteiger partial charge is 0.480 e. The van der Waals surface area contributed by atoms with Gasteiger partial charge in [0.1, 0.15) is 6.54 Å². The Kier molecular flexibility index (Phi) is 5.85. The summed E-state index contributed by atoms with van der Waals surface area (Å²) in [5.74, 6) is -3.94. The van der Waals surface area contributed by atoms with Gasteiger partial charge in [-0.2, -0.15) is 13.2 Å². The third-order valence-corrected chi connectivity index (χ3v) is 4.34. The number of alkyl halides is 3. The molecule has 132 valence electrons. The molecule has 0 spiro atoms. The molecule has 2 unspecified atom stereocenters. The zero-order chi connectivity index (χ0) is 17.7. The van der Waals surface area contributed by atoms with Gasteiger partial charge in [0.25, 0.3) is 0 Å². The fourth-order valence-electron chi connectivity index (χ4n) is 3.15. The lowest BCUT2D eigenvalue weighted by atomic mass is 9.80. The maximum atomic E-state index is 12.9. The van der Waals surface area contributed by atoms with E-state index in [1.165, 1.54) is 0 Å². The van der Waals surface area contributed by atoms with Crippen molar-refractivity contribution in [1.82, 2.24) is 4.90 Å². The number of benzene rings is 1. The van der Waals surface area contributed by atoms with E-state index in [9.17, 15) is 22.8 Å². The topological polar surface area (TPSA) is 57.6 Å². The van der Waals surface area contributed by atoms with E-state index in [1.54, 1.807) is 30.3 Å². The standard InChI is InChI=1S/C17H20F3NO3/c18-17(19,20)14-8-4-7-13(9-14)16(24)21(11-15(22)23)10-12-5-2-1-3-6-12/h1-3,5-6,13-14H,4,7-11H2,(H,22,23). The molecule has 24 heavy (non-hydrogen) atoms. The lowest BCUT2D eigenvalue weighted by Crippen LogP contribution is -2.42. The van der Waals surface area contributed by atoms with Crippen molar-refractivity contribution in [2.45, 2.75) is 38.4 Å². The van der Waals surface area contributed by atoms with Gasteiger partial charge in [-0.1, -0.05) is 36.8 Å². The number of hydrogen-bond donors (Lipinski definition) is 1. The summed E-state index contributed by atoms with van der Waals surface area (Å²) in [6.45, 7) is -0.430. The molecule has 0 aromatic heterocycles. The van der Waals surface area contributed by atoms with E-state index < -0.39 is 36.4 Å². The number of carbonyl (C=O) groups is 2. The molecule has 2 atom stereocenters. The average molecular weight is 343 g/mol. The fraction of sp³-hybridized carbons (Fsp3) is 0.529. The number of aliphatic carboxylic acids is 1. The molecule has 1 saturated carbocycles. The predicted octanol–water partition coefficient (Wildman–Crippen LogP) is 3.47. The van der Waals surface area contributed by atoms with Crippen LogP contribution in [0, 0.1) is 11.8 Å². The van der Waals surface area contributed by atoms with E-state index in [0.717, 1.165) is 10.5 Å². The third kappa shape index (κ3) is 4.97. The maximum Gasteiger partial charge on any atom is 0.391 e. The monoisotopic (exact) mass is 343 g/mol. The molecule has 0 radical (unpaired) electrons. The highest BCUT2D eigenvalue weighted by molar-refractivity contribution is 5.83. The van der Waals surface area contributed by atoms with Crippen LogP contribution in [0.25, 0.3) is 0 Å². The summed E-state index contributed by atoms with van der Waals surface area (Å²) in [7, 11) is 0. The van der Waals surface area contributed by atoms with Crippen LogP contribution in [-0.2, 0) is 16.1 Å². The van der Waals surface area contributed by atoms with Gasteiger partial charge >= 0.3 is 12.1 Å². The van der Waals surface area contributed by atoms with Gasteiger partial charge in [0.15, 0.2) is 0 Å². The van der Waals surface area contributed by atoms with Crippen LogP contribution in [0.15, 0.2) is 30.3 Å². The van der Waals surface area contributed by atoms with Crippen LogP contribution in [0.3, 0.4) is 0 Å².